The van der Waals surface area contributed by atoms with Gasteiger partial charge in [0.05, 0.1) is 0 Å². The van der Waals surface area contributed by atoms with E-state index in [9.17, 15) is 9.18 Å². The third kappa shape index (κ3) is 3.68. The smallest absolute Gasteiger partial charge is 0.253 e. The van der Waals surface area contributed by atoms with E-state index in [1.54, 1.807) is 36.4 Å². The molecular formula is C18H19FN2O2. The predicted octanol–water partition coefficient (Wildman–Crippen LogP) is 3.04. The van der Waals surface area contributed by atoms with Gasteiger partial charge in [-0.2, -0.15) is 0 Å². The normalized spacial score (nSPS) is 17.3. The zero-order valence-corrected chi connectivity index (χ0v) is 12.7. The number of nitrogens with two attached hydrogens (primary N) is 1. The summed E-state index contributed by atoms with van der Waals surface area (Å²) in [6.45, 7) is 2.09. The lowest BCUT2D eigenvalue weighted by Gasteiger charge is -2.16. The predicted molar refractivity (Wildman–Crippen MR) is 86.0 cm³/mol. The van der Waals surface area contributed by atoms with Gasteiger partial charge in [-0.05, 0) is 55.3 Å². The third-order valence-electron chi connectivity index (χ3n) is 4.04. The minimum absolute atomic E-state index is 0.0123. The van der Waals surface area contributed by atoms with Gasteiger partial charge in [0.2, 0.25) is 0 Å². The van der Waals surface area contributed by atoms with Gasteiger partial charge < -0.3 is 15.4 Å². The van der Waals surface area contributed by atoms with Crippen molar-refractivity contribution in [3.05, 3.63) is 59.9 Å². The lowest BCUT2D eigenvalue weighted by atomic mass is 10.1. The number of benzene rings is 2. The summed E-state index contributed by atoms with van der Waals surface area (Å²) in [6.07, 6.45) is 0.961. The molecule has 4 nitrogen and oxygen atoms in total. The first-order valence-corrected chi connectivity index (χ1v) is 7.68. The first kappa shape index (κ1) is 15.5. The fraction of sp³-hybridized carbons (Fsp3) is 0.278. The maximum Gasteiger partial charge on any atom is 0.253 e. The highest BCUT2D eigenvalue weighted by atomic mass is 19.1. The highest BCUT2D eigenvalue weighted by molar-refractivity contribution is 5.94. The molecule has 0 aromatic heterocycles. The second-order valence-corrected chi connectivity index (χ2v) is 5.73. The zero-order chi connectivity index (χ0) is 16.2. The number of hydrogen-bond donors (Lipinski definition) is 1. The van der Waals surface area contributed by atoms with Crippen LogP contribution in [0.2, 0.25) is 0 Å². The molecule has 1 aliphatic heterocycles. The van der Waals surface area contributed by atoms with Gasteiger partial charge in [0, 0.05) is 24.7 Å². The van der Waals surface area contributed by atoms with E-state index in [4.69, 9.17) is 10.5 Å². The molecular weight excluding hydrogens is 295 g/mol. The van der Waals surface area contributed by atoms with E-state index < -0.39 is 0 Å². The maximum absolute atomic E-state index is 13.1. The van der Waals surface area contributed by atoms with Crippen molar-refractivity contribution in [1.29, 1.82) is 0 Å². The van der Waals surface area contributed by atoms with Crippen molar-refractivity contribution in [2.75, 3.05) is 19.6 Å². The first-order valence-electron chi connectivity index (χ1n) is 7.68. The summed E-state index contributed by atoms with van der Waals surface area (Å²) in [5.41, 5.74) is 6.28. The summed E-state index contributed by atoms with van der Waals surface area (Å²) in [4.78, 5) is 14.3. The SMILES string of the molecule is NCC1CCN(C(=O)c2ccc(Oc3cccc(F)c3)cc2)C1. The summed E-state index contributed by atoms with van der Waals surface area (Å²) in [5.74, 6) is 1.05. The van der Waals surface area contributed by atoms with E-state index in [-0.39, 0.29) is 11.7 Å². The summed E-state index contributed by atoms with van der Waals surface area (Å²) >= 11 is 0. The Kier molecular flexibility index (Phi) is 4.57. The largest absolute Gasteiger partial charge is 0.457 e. The summed E-state index contributed by atoms with van der Waals surface area (Å²) < 4.78 is 18.7. The quantitative estimate of drug-likeness (QED) is 0.943. The second-order valence-electron chi connectivity index (χ2n) is 5.73. The Morgan fingerprint density at radius 1 is 1.22 bits per heavy atom. The van der Waals surface area contributed by atoms with Crippen LogP contribution >= 0.6 is 0 Å². The molecule has 1 amide bonds. The number of carbonyl (C=O) groups is 1. The molecule has 23 heavy (non-hydrogen) atoms. The standard InChI is InChI=1S/C18H19FN2O2/c19-15-2-1-3-17(10-15)23-16-6-4-14(5-7-16)18(22)21-9-8-13(11-20)12-21/h1-7,10,13H,8-9,11-12,20H2. The highest BCUT2D eigenvalue weighted by Gasteiger charge is 2.25. The fourth-order valence-corrected chi connectivity index (χ4v) is 2.72. The van der Waals surface area contributed by atoms with Crippen molar-refractivity contribution in [3.63, 3.8) is 0 Å². The Balaban J connectivity index is 1.66. The molecule has 0 aliphatic carbocycles. The van der Waals surface area contributed by atoms with Gasteiger partial charge in [0.25, 0.3) is 5.91 Å². The van der Waals surface area contributed by atoms with Crippen LogP contribution in [0.4, 0.5) is 4.39 Å². The lowest BCUT2D eigenvalue weighted by molar-refractivity contribution is 0.0787. The fourth-order valence-electron chi connectivity index (χ4n) is 2.72. The van der Waals surface area contributed by atoms with Crippen molar-refractivity contribution in [3.8, 4) is 11.5 Å². The molecule has 2 aromatic carbocycles. The summed E-state index contributed by atoms with van der Waals surface area (Å²) in [6, 6.07) is 12.8. The molecule has 1 fully saturated rings. The Morgan fingerprint density at radius 2 is 2.00 bits per heavy atom. The van der Waals surface area contributed by atoms with E-state index in [1.807, 2.05) is 4.90 Å². The van der Waals surface area contributed by atoms with Gasteiger partial charge in [0.1, 0.15) is 17.3 Å². The third-order valence-corrected chi connectivity index (χ3v) is 4.04. The molecule has 0 saturated carbocycles. The Morgan fingerprint density at radius 3 is 2.65 bits per heavy atom. The Hall–Kier alpha value is -2.40. The van der Waals surface area contributed by atoms with Crippen LogP contribution in [-0.4, -0.2) is 30.4 Å². The van der Waals surface area contributed by atoms with Crippen LogP contribution in [0.3, 0.4) is 0 Å². The van der Waals surface area contributed by atoms with Crippen molar-refractivity contribution in [1.82, 2.24) is 4.90 Å². The van der Waals surface area contributed by atoms with Crippen LogP contribution in [0.25, 0.3) is 0 Å². The van der Waals surface area contributed by atoms with Crippen LogP contribution in [0.15, 0.2) is 48.5 Å². The number of nitrogens with zero attached hydrogens (tertiary/aromatic N) is 1. The van der Waals surface area contributed by atoms with Crippen molar-refractivity contribution < 1.29 is 13.9 Å². The molecule has 1 unspecified atom stereocenters. The van der Waals surface area contributed by atoms with Crippen LogP contribution in [0.1, 0.15) is 16.8 Å². The number of ether oxygens (including phenoxy) is 1. The van der Waals surface area contributed by atoms with E-state index in [1.165, 1.54) is 12.1 Å². The van der Waals surface area contributed by atoms with Crippen LogP contribution in [0, 0.1) is 11.7 Å². The molecule has 5 heteroatoms. The molecule has 1 atom stereocenters. The van der Waals surface area contributed by atoms with Gasteiger partial charge >= 0.3 is 0 Å². The van der Waals surface area contributed by atoms with Gasteiger partial charge in [-0.1, -0.05) is 6.07 Å². The number of hydrogen-bond acceptors (Lipinski definition) is 3. The maximum atomic E-state index is 13.1. The number of likely N-dealkylation sites (tertiary alicyclic amines) is 1. The van der Waals surface area contributed by atoms with Crippen LogP contribution in [0.5, 0.6) is 11.5 Å². The number of amides is 1. The Labute approximate surface area is 134 Å². The topological polar surface area (TPSA) is 55.6 Å². The molecule has 0 spiro atoms. The minimum atomic E-state index is -0.349. The molecule has 1 heterocycles. The zero-order valence-electron chi connectivity index (χ0n) is 12.7. The molecule has 2 aromatic rings. The van der Waals surface area contributed by atoms with E-state index in [0.717, 1.165) is 19.5 Å². The van der Waals surface area contributed by atoms with Crippen molar-refractivity contribution in [2.24, 2.45) is 11.7 Å². The molecule has 0 radical (unpaired) electrons. The lowest BCUT2D eigenvalue weighted by Crippen LogP contribution is -2.29. The number of halogens is 1. The second kappa shape index (κ2) is 6.79. The number of carbonyl (C=O) groups excluding carboxylic acids is 1. The van der Waals surface area contributed by atoms with E-state index in [2.05, 4.69) is 0 Å². The number of rotatable bonds is 4. The van der Waals surface area contributed by atoms with Crippen LogP contribution in [-0.2, 0) is 0 Å². The van der Waals surface area contributed by atoms with Gasteiger partial charge in [-0.15, -0.1) is 0 Å². The molecule has 120 valence electrons. The van der Waals surface area contributed by atoms with Crippen molar-refractivity contribution in [2.45, 2.75) is 6.42 Å². The van der Waals surface area contributed by atoms with Gasteiger partial charge in [-0.3, -0.25) is 4.79 Å². The average Bonchev–Trinajstić information content (AvgIpc) is 3.04. The molecule has 0 bridgehead atoms. The van der Waals surface area contributed by atoms with Gasteiger partial charge in [-0.25, -0.2) is 4.39 Å². The monoisotopic (exact) mass is 314 g/mol. The average molecular weight is 314 g/mol. The van der Waals surface area contributed by atoms with Crippen molar-refractivity contribution >= 4 is 5.91 Å². The molecule has 2 N–H and O–H groups in total. The van der Waals surface area contributed by atoms with E-state index >= 15 is 0 Å². The first-order chi connectivity index (χ1) is 11.2. The van der Waals surface area contributed by atoms with Crippen LogP contribution < -0.4 is 10.5 Å². The molecule has 1 saturated heterocycles. The molecule has 3 rings (SSSR count). The van der Waals surface area contributed by atoms with E-state index in [0.29, 0.717) is 29.5 Å². The van der Waals surface area contributed by atoms with Gasteiger partial charge in [0.15, 0.2) is 0 Å². The summed E-state index contributed by atoms with van der Waals surface area (Å²) in [5, 5.41) is 0. The minimum Gasteiger partial charge on any atom is -0.457 e. The summed E-state index contributed by atoms with van der Waals surface area (Å²) in [7, 11) is 0. The highest BCUT2D eigenvalue weighted by Crippen LogP contribution is 2.23. The Bertz CT molecular complexity index is 688. The molecule has 1 aliphatic rings.